The highest BCUT2D eigenvalue weighted by molar-refractivity contribution is 5.96. The topological polar surface area (TPSA) is 142 Å². The van der Waals surface area contributed by atoms with Gasteiger partial charge in [-0.3, -0.25) is 4.79 Å². The van der Waals surface area contributed by atoms with Gasteiger partial charge in [-0.15, -0.1) is 0 Å². The van der Waals surface area contributed by atoms with Crippen molar-refractivity contribution in [3.8, 4) is 17.7 Å². The van der Waals surface area contributed by atoms with E-state index in [-0.39, 0.29) is 36.1 Å². The third-order valence-corrected chi connectivity index (χ3v) is 7.27. The molecule has 1 aromatic carbocycles. The molecule has 1 amide bonds. The standard InChI is InChI=1S/C27H27F3N6O5/c1-26(41-24(38)27(28,29)30)9-7-17(8-10-26)40-23-21-15(13-31)14-32-22(21)34-25(35-23)33-18-6-5-16(12-19(18)39-2)36-11-3-4-20(36)37/h5-6,12,14,17H,3-4,7-11H2,1-2H3,(H2,32,33,34,35)/t17-,26+. The molecule has 5 rings (SSSR count). The maximum absolute atomic E-state index is 12.7. The molecule has 3 heterocycles. The molecular weight excluding hydrogens is 545 g/mol. The lowest BCUT2D eigenvalue weighted by Crippen LogP contribution is -2.42. The molecule has 41 heavy (non-hydrogen) atoms. The summed E-state index contributed by atoms with van der Waals surface area (Å²) >= 11 is 0. The Morgan fingerprint density at radius 3 is 2.66 bits per heavy atom. The van der Waals surface area contributed by atoms with E-state index in [1.54, 1.807) is 23.1 Å². The molecule has 11 nitrogen and oxygen atoms in total. The lowest BCUT2D eigenvalue weighted by molar-refractivity contribution is -0.216. The van der Waals surface area contributed by atoms with Crippen molar-refractivity contribution < 1.29 is 37.0 Å². The van der Waals surface area contributed by atoms with Crippen LogP contribution < -0.4 is 19.7 Å². The molecule has 1 saturated carbocycles. The van der Waals surface area contributed by atoms with Crippen LogP contribution in [0.2, 0.25) is 0 Å². The van der Waals surface area contributed by atoms with Crippen LogP contribution in [0, 0.1) is 11.3 Å². The number of hydrogen-bond donors (Lipinski definition) is 2. The van der Waals surface area contributed by atoms with Gasteiger partial charge in [0, 0.05) is 30.9 Å². The zero-order valence-electron chi connectivity index (χ0n) is 22.3. The molecule has 1 aliphatic carbocycles. The Hall–Kier alpha value is -4.54. The molecule has 0 spiro atoms. The van der Waals surface area contributed by atoms with Crippen LogP contribution in [0.15, 0.2) is 24.4 Å². The van der Waals surface area contributed by atoms with Crippen molar-refractivity contribution in [2.45, 2.75) is 63.3 Å². The Balaban J connectivity index is 1.37. The van der Waals surface area contributed by atoms with Crippen molar-refractivity contribution in [3.05, 3.63) is 30.0 Å². The second-order valence-corrected chi connectivity index (χ2v) is 10.2. The highest BCUT2D eigenvalue weighted by Gasteiger charge is 2.46. The van der Waals surface area contributed by atoms with E-state index in [1.807, 2.05) is 0 Å². The summed E-state index contributed by atoms with van der Waals surface area (Å²) in [6.07, 6.45) is -1.85. The Labute approximate surface area is 232 Å². The van der Waals surface area contributed by atoms with Gasteiger partial charge in [-0.1, -0.05) is 0 Å². The molecular formula is C27H27F3N6O5. The van der Waals surface area contributed by atoms with Crippen LogP contribution in [0.4, 0.5) is 30.5 Å². The monoisotopic (exact) mass is 572 g/mol. The predicted molar refractivity (Wildman–Crippen MR) is 140 cm³/mol. The number of carbonyl (C=O) groups excluding carboxylic acids is 2. The van der Waals surface area contributed by atoms with Crippen LogP contribution in [0.5, 0.6) is 11.6 Å². The molecule has 1 aliphatic heterocycles. The smallest absolute Gasteiger partial charge is 0.490 e. The van der Waals surface area contributed by atoms with Gasteiger partial charge in [-0.25, -0.2) is 4.79 Å². The normalized spacial score (nSPS) is 21.0. The number of aromatic nitrogens is 3. The minimum Gasteiger partial charge on any atom is -0.494 e. The largest absolute Gasteiger partial charge is 0.494 e. The number of aromatic amines is 1. The number of esters is 1. The Bertz CT molecular complexity index is 1520. The van der Waals surface area contributed by atoms with Crippen molar-refractivity contribution in [3.63, 3.8) is 0 Å². The fraction of sp³-hybridized carbons (Fsp3) is 0.444. The number of hydrogen-bond acceptors (Lipinski definition) is 9. The first-order valence-corrected chi connectivity index (χ1v) is 13.0. The van der Waals surface area contributed by atoms with E-state index >= 15 is 0 Å². The molecule has 2 fully saturated rings. The number of anilines is 3. The maximum Gasteiger partial charge on any atom is 0.490 e. The number of H-pyrrole nitrogens is 1. The summed E-state index contributed by atoms with van der Waals surface area (Å²) in [6.45, 7) is 2.10. The molecule has 0 radical (unpaired) electrons. The summed E-state index contributed by atoms with van der Waals surface area (Å²) in [7, 11) is 1.50. The molecule has 0 atom stereocenters. The number of rotatable bonds is 7. The quantitative estimate of drug-likeness (QED) is 0.378. The minimum absolute atomic E-state index is 0.0462. The van der Waals surface area contributed by atoms with E-state index in [0.29, 0.717) is 54.0 Å². The fourth-order valence-electron chi connectivity index (χ4n) is 5.08. The summed E-state index contributed by atoms with van der Waals surface area (Å²) in [5.41, 5.74) is 0.573. The number of fused-ring (bicyclic) bond motifs is 1. The number of alkyl halides is 3. The van der Waals surface area contributed by atoms with Gasteiger partial charge >= 0.3 is 12.1 Å². The third-order valence-electron chi connectivity index (χ3n) is 7.27. The molecule has 0 unspecified atom stereocenters. The number of amides is 1. The van der Waals surface area contributed by atoms with Gasteiger partial charge in [0.05, 0.1) is 23.7 Å². The lowest BCUT2D eigenvalue weighted by atomic mass is 9.84. The summed E-state index contributed by atoms with van der Waals surface area (Å²) in [5, 5.41) is 13.1. The van der Waals surface area contributed by atoms with Gasteiger partial charge in [0.2, 0.25) is 17.7 Å². The summed E-state index contributed by atoms with van der Waals surface area (Å²) in [5.74, 6) is -1.45. The van der Waals surface area contributed by atoms with Crippen LogP contribution in [0.3, 0.4) is 0 Å². The summed E-state index contributed by atoms with van der Waals surface area (Å²) < 4.78 is 54.6. The fourth-order valence-corrected chi connectivity index (χ4v) is 5.08. The van der Waals surface area contributed by atoms with E-state index in [4.69, 9.17) is 14.2 Å². The Morgan fingerprint density at radius 1 is 1.27 bits per heavy atom. The zero-order chi connectivity index (χ0) is 29.4. The third kappa shape index (κ3) is 5.84. The predicted octanol–water partition coefficient (Wildman–Crippen LogP) is 4.89. The van der Waals surface area contributed by atoms with Crippen molar-refractivity contribution in [1.82, 2.24) is 15.0 Å². The minimum atomic E-state index is -5.07. The number of halogens is 3. The average Bonchev–Trinajstić information content (AvgIpc) is 3.55. The Kier molecular flexibility index (Phi) is 7.37. The molecule has 2 N–H and O–H groups in total. The molecule has 216 valence electrons. The van der Waals surface area contributed by atoms with E-state index in [2.05, 4.69) is 26.3 Å². The van der Waals surface area contributed by atoms with Gasteiger partial charge < -0.3 is 29.4 Å². The number of nitrogens with zero attached hydrogens (tertiary/aromatic N) is 4. The first-order valence-electron chi connectivity index (χ1n) is 13.0. The van der Waals surface area contributed by atoms with Gasteiger partial charge in [0.1, 0.15) is 29.2 Å². The van der Waals surface area contributed by atoms with Gasteiger partial charge in [0.25, 0.3) is 0 Å². The maximum atomic E-state index is 12.7. The van der Waals surface area contributed by atoms with Crippen molar-refractivity contribution in [1.29, 1.82) is 5.26 Å². The highest BCUT2D eigenvalue weighted by Crippen LogP contribution is 2.38. The first-order chi connectivity index (χ1) is 19.5. The summed E-state index contributed by atoms with van der Waals surface area (Å²) in [4.78, 5) is 37.1. The molecule has 14 heteroatoms. The second kappa shape index (κ2) is 10.8. The number of carbonyl (C=O) groups is 2. The van der Waals surface area contributed by atoms with Crippen LogP contribution in [-0.2, 0) is 14.3 Å². The van der Waals surface area contributed by atoms with E-state index in [9.17, 15) is 28.0 Å². The SMILES string of the molecule is COc1cc(N2CCCC2=O)ccc1Nc1nc(O[C@H]2CC[C@@](C)(OC(=O)C(F)(F)F)CC2)c2c(C#N)c[nH]c2n1. The lowest BCUT2D eigenvalue weighted by Gasteiger charge is -2.36. The van der Waals surface area contributed by atoms with Crippen LogP contribution in [0.1, 0.15) is 51.0 Å². The van der Waals surface area contributed by atoms with Crippen LogP contribution >= 0.6 is 0 Å². The van der Waals surface area contributed by atoms with Gasteiger partial charge in [-0.2, -0.15) is 28.4 Å². The van der Waals surface area contributed by atoms with E-state index < -0.39 is 23.9 Å². The number of nitrogens with one attached hydrogen (secondary N) is 2. The first kappa shape index (κ1) is 28.0. The summed E-state index contributed by atoms with van der Waals surface area (Å²) in [6, 6.07) is 7.35. The van der Waals surface area contributed by atoms with Gasteiger partial charge in [0.15, 0.2) is 0 Å². The van der Waals surface area contributed by atoms with Crippen molar-refractivity contribution in [2.75, 3.05) is 23.9 Å². The molecule has 3 aromatic rings. The second-order valence-electron chi connectivity index (χ2n) is 10.2. The number of benzene rings is 1. The molecule has 1 saturated heterocycles. The number of nitriles is 1. The Morgan fingerprint density at radius 2 is 2.02 bits per heavy atom. The number of methoxy groups -OCH3 is 1. The number of ether oxygens (including phenoxy) is 3. The van der Waals surface area contributed by atoms with Crippen molar-refractivity contribution in [2.24, 2.45) is 0 Å². The van der Waals surface area contributed by atoms with E-state index in [1.165, 1.54) is 20.2 Å². The molecule has 0 bridgehead atoms. The average molecular weight is 573 g/mol. The van der Waals surface area contributed by atoms with Crippen LogP contribution in [0.25, 0.3) is 11.0 Å². The van der Waals surface area contributed by atoms with Crippen LogP contribution in [-0.4, -0.2) is 58.4 Å². The molecule has 2 aromatic heterocycles. The molecule has 2 aliphatic rings. The van der Waals surface area contributed by atoms with Gasteiger partial charge in [-0.05, 0) is 51.2 Å². The van der Waals surface area contributed by atoms with Crippen molar-refractivity contribution >= 4 is 40.2 Å². The highest BCUT2D eigenvalue weighted by atomic mass is 19.4. The zero-order valence-corrected chi connectivity index (χ0v) is 22.3. The van der Waals surface area contributed by atoms with E-state index in [0.717, 1.165) is 6.42 Å².